The number of halogens is 3. The second-order valence-corrected chi connectivity index (χ2v) is 4.44. The number of carboxylic acids is 1. The van der Waals surface area contributed by atoms with Crippen molar-refractivity contribution in [2.45, 2.75) is 25.6 Å². The second kappa shape index (κ2) is 5.51. The van der Waals surface area contributed by atoms with Crippen LogP contribution in [0.5, 0.6) is 0 Å². The molecule has 1 aromatic heterocycles. The third-order valence-corrected chi connectivity index (χ3v) is 2.85. The van der Waals surface area contributed by atoms with Gasteiger partial charge in [0.2, 0.25) is 0 Å². The lowest BCUT2D eigenvalue weighted by molar-refractivity contribution is -0.138. The number of carbonyl (C=O) groups is 1. The third kappa shape index (κ3) is 3.18. The van der Waals surface area contributed by atoms with Crippen LogP contribution in [0.2, 0.25) is 0 Å². The van der Waals surface area contributed by atoms with E-state index in [0.717, 1.165) is 10.7 Å². The molecule has 0 amide bonds. The zero-order chi connectivity index (χ0) is 15.6. The summed E-state index contributed by atoms with van der Waals surface area (Å²) in [5, 5.41) is 19.3. The molecule has 0 aliphatic carbocycles. The maximum atomic E-state index is 13.0. The van der Waals surface area contributed by atoms with E-state index >= 15 is 0 Å². The van der Waals surface area contributed by atoms with Crippen molar-refractivity contribution in [3.05, 3.63) is 29.8 Å². The molecular formula is C12H11F3N4O2. The predicted molar refractivity (Wildman–Crippen MR) is 65.2 cm³/mol. The van der Waals surface area contributed by atoms with Crippen LogP contribution < -0.4 is 0 Å². The normalized spacial score (nSPS) is 13.1. The number of hydrogen-bond acceptors (Lipinski definition) is 4. The summed E-state index contributed by atoms with van der Waals surface area (Å²) in [6.07, 6.45) is -4.85. The quantitative estimate of drug-likeness (QED) is 0.937. The Morgan fingerprint density at radius 1 is 1.38 bits per heavy atom. The van der Waals surface area contributed by atoms with Crippen LogP contribution in [-0.4, -0.2) is 31.3 Å². The highest BCUT2D eigenvalue weighted by atomic mass is 19.4. The maximum absolute atomic E-state index is 13.0. The average Bonchev–Trinajstić information content (AvgIpc) is 2.86. The van der Waals surface area contributed by atoms with E-state index in [1.807, 2.05) is 0 Å². The first-order valence-electron chi connectivity index (χ1n) is 5.97. The van der Waals surface area contributed by atoms with E-state index in [4.69, 9.17) is 5.11 Å². The molecule has 112 valence electrons. The van der Waals surface area contributed by atoms with Gasteiger partial charge in [-0.25, -0.2) is 4.68 Å². The number of rotatable bonds is 4. The van der Waals surface area contributed by atoms with Gasteiger partial charge < -0.3 is 5.11 Å². The van der Waals surface area contributed by atoms with Crippen LogP contribution in [0.25, 0.3) is 11.4 Å². The molecule has 0 aliphatic heterocycles. The molecule has 0 fully saturated rings. The van der Waals surface area contributed by atoms with Gasteiger partial charge in [0.25, 0.3) is 0 Å². The van der Waals surface area contributed by atoms with E-state index in [1.54, 1.807) is 0 Å². The maximum Gasteiger partial charge on any atom is 0.417 e. The summed E-state index contributed by atoms with van der Waals surface area (Å²) < 4.78 is 40.1. The monoisotopic (exact) mass is 300 g/mol. The molecule has 9 heteroatoms. The molecule has 0 aliphatic rings. The fraction of sp³-hybridized carbons (Fsp3) is 0.333. The third-order valence-electron chi connectivity index (χ3n) is 2.85. The van der Waals surface area contributed by atoms with Crippen LogP contribution in [0.1, 0.15) is 24.9 Å². The van der Waals surface area contributed by atoms with Crippen LogP contribution in [-0.2, 0) is 11.0 Å². The summed E-state index contributed by atoms with van der Waals surface area (Å²) in [5.74, 6) is -1.20. The van der Waals surface area contributed by atoms with Gasteiger partial charge in [0.05, 0.1) is 18.0 Å². The number of carboxylic acid groups (broad SMARTS) is 1. The van der Waals surface area contributed by atoms with E-state index in [9.17, 15) is 18.0 Å². The van der Waals surface area contributed by atoms with Crippen molar-refractivity contribution < 1.29 is 23.1 Å². The molecule has 21 heavy (non-hydrogen) atoms. The molecule has 1 unspecified atom stereocenters. The van der Waals surface area contributed by atoms with Gasteiger partial charge in [-0.3, -0.25) is 4.79 Å². The number of alkyl halides is 3. The van der Waals surface area contributed by atoms with Crippen LogP contribution in [0.4, 0.5) is 13.2 Å². The lowest BCUT2D eigenvalue weighted by Gasteiger charge is -2.14. The average molecular weight is 300 g/mol. The molecule has 1 N–H and O–H groups in total. The van der Waals surface area contributed by atoms with E-state index in [1.165, 1.54) is 25.1 Å². The highest BCUT2D eigenvalue weighted by Gasteiger charge is 2.35. The van der Waals surface area contributed by atoms with E-state index in [2.05, 4.69) is 15.5 Å². The largest absolute Gasteiger partial charge is 0.481 e. The number of nitrogens with zero attached hydrogens (tertiary/aromatic N) is 4. The van der Waals surface area contributed by atoms with E-state index in [0.29, 0.717) is 0 Å². The number of benzene rings is 1. The van der Waals surface area contributed by atoms with Crippen molar-refractivity contribution in [1.82, 2.24) is 20.2 Å². The Hall–Kier alpha value is -2.45. The van der Waals surface area contributed by atoms with Gasteiger partial charge in [-0.05, 0) is 23.4 Å². The van der Waals surface area contributed by atoms with Crippen molar-refractivity contribution in [2.24, 2.45) is 0 Å². The first-order valence-corrected chi connectivity index (χ1v) is 5.97. The smallest absolute Gasteiger partial charge is 0.417 e. The second-order valence-electron chi connectivity index (χ2n) is 4.44. The fourth-order valence-electron chi connectivity index (χ4n) is 1.93. The summed E-state index contributed by atoms with van der Waals surface area (Å²) in [6, 6.07) is 4.20. The Morgan fingerprint density at radius 3 is 2.67 bits per heavy atom. The molecular weight excluding hydrogens is 289 g/mol. The summed E-state index contributed by atoms with van der Waals surface area (Å²) in [7, 11) is 0. The van der Waals surface area contributed by atoms with Crippen molar-refractivity contribution in [2.75, 3.05) is 0 Å². The Morgan fingerprint density at radius 2 is 2.05 bits per heavy atom. The van der Waals surface area contributed by atoms with Crippen LogP contribution in [0, 0.1) is 0 Å². The highest BCUT2D eigenvalue weighted by Crippen LogP contribution is 2.36. The fourth-order valence-corrected chi connectivity index (χ4v) is 1.93. The lowest BCUT2D eigenvalue weighted by atomic mass is 10.1. The van der Waals surface area contributed by atoms with Gasteiger partial charge in [0.15, 0.2) is 5.82 Å². The van der Waals surface area contributed by atoms with Gasteiger partial charge in [0.1, 0.15) is 0 Å². The molecule has 1 aromatic carbocycles. The highest BCUT2D eigenvalue weighted by molar-refractivity contribution is 5.67. The minimum absolute atomic E-state index is 0.114. The van der Waals surface area contributed by atoms with Crippen molar-refractivity contribution >= 4 is 5.97 Å². The Labute approximate surface area is 117 Å². The zero-order valence-corrected chi connectivity index (χ0v) is 10.9. The van der Waals surface area contributed by atoms with Crippen molar-refractivity contribution in [3.63, 3.8) is 0 Å². The zero-order valence-electron chi connectivity index (χ0n) is 10.9. The Kier molecular flexibility index (Phi) is 3.92. The minimum Gasteiger partial charge on any atom is -0.481 e. The molecule has 0 radical (unpaired) electrons. The van der Waals surface area contributed by atoms with E-state index < -0.39 is 23.8 Å². The Bertz CT molecular complexity index is 654. The molecule has 0 saturated heterocycles. The van der Waals surface area contributed by atoms with Gasteiger partial charge in [0, 0.05) is 5.56 Å². The Balaban J connectivity index is 2.50. The van der Waals surface area contributed by atoms with E-state index in [-0.39, 0.29) is 17.8 Å². The summed E-state index contributed by atoms with van der Waals surface area (Å²) >= 11 is 0. The number of aliphatic carboxylic acids is 1. The van der Waals surface area contributed by atoms with Crippen molar-refractivity contribution in [1.29, 1.82) is 0 Å². The standard InChI is InChI=1S/C12H11F3N4O2/c1-7(6-10(20)21)19-11(16-17-18-19)8-4-2-3-5-9(8)12(13,14)15/h2-5,7H,6H2,1H3,(H,20,21). The molecule has 0 saturated carbocycles. The lowest BCUT2D eigenvalue weighted by Crippen LogP contribution is -2.15. The van der Waals surface area contributed by atoms with Gasteiger partial charge in [-0.15, -0.1) is 5.10 Å². The molecule has 2 aromatic rings. The van der Waals surface area contributed by atoms with Crippen LogP contribution in [0.15, 0.2) is 24.3 Å². The van der Waals surface area contributed by atoms with Gasteiger partial charge in [-0.2, -0.15) is 13.2 Å². The van der Waals surface area contributed by atoms with Crippen molar-refractivity contribution in [3.8, 4) is 11.4 Å². The molecule has 1 heterocycles. The van der Waals surface area contributed by atoms with Gasteiger partial charge >= 0.3 is 12.1 Å². The van der Waals surface area contributed by atoms with Crippen LogP contribution >= 0.6 is 0 Å². The summed E-state index contributed by atoms with van der Waals surface area (Å²) in [6.45, 7) is 1.52. The van der Waals surface area contributed by atoms with Crippen LogP contribution in [0.3, 0.4) is 0 Å². The summed E-state index contributed by atoms with van der Waals surface area (Å²) in [5.41, 5.74) is -1.06. The number of aromatic nitrogens is 4. The first kappa shape index (κ1) is 14.9. The SMILES string of the molecule is CC(CC(=O)O)n1nnnc1-c1ccccc1C(F)(F)F. The molecule has 2 rings (SSSR count). The predicted octanol–water partition coefficient (Wildman–Crippen LogP) is 2.39. The number of tetrazole rings is 1. The minimum atomic E-state index is -4.55. The molecule has 0 bridgehead atoms. The molecule has 1 atom stereocenters. The first-order chi connectivity index (χ1) is 9.80. The van der Waals surface area contributed by atoms with Gasteiger partial charge in [-0.1, -0.05) is 18.2 Å². The molecule has 6 nitrogen and oxygen atoms in total. The summed E-state index contributed by atoms with van der Waals surface area (Å²) in [4.78, 5) is 10.7. The topological polar surface area (TPSA) is 80.9 Å². The number of hydrogen-bond donors (Lipinski definition) is 1. The molecule has 0 spiro atoms.